The summed E-state index contributed by atoms with van der Waals surface area (Å²) in [5.41, 5.74) is 11.8. The van der Waals surface area contributed by atoms with E-state index in [2.05, 4.69) is 63.7 Å². The molecule has 0 spiro atoms. The van der Waals surface area contributed by atoms with Crippen LogP contribution in [0.15, 0.2) is 52.3 Å². The number of benzene rings is 1. The standard InChI is InChI=1S/C27H34N6O2/c1-27(2,20-16-28-21-10-3-8-19(25(20)21)23-12-6-14-35-23)15-24(34)33-13-5-9-17-18(7-4-11-22(17)33)26-29-31-32-30-26/h3,6,8,10,12,14,16-18,22,28,31-32H,4-5,7,9,11,13,15H2,1-2H3,(H,29,30). The smallest absolute Gasteiger partial charge is 0.223 e. The first-order chi connectivity index (χ1) is 17.0. The van der Waals surface area contributed by atoms with Crippen LogP contribution in [0.3, 0.4) is 0 Å². The molecule has 184 valence electrons. The van der Waals surface area contributed by atoms with Gasteiger partial charge in [0.15, 0.2) is 0 Å². The molecule has 2 aromatic heterocycles. The van der Waals surface area contributed by atoms with Gasteiger partial charge in [0.05, 0.1) is 6.26 Å². The SMILES string of the molecule is CC(C)(CC(=O)N1CCCC2C(C3=NNNN3)CCCC21)c1c[nH]c2cccc(-c3ccco3)c12. The molecular weight excluding hydrogens is 440 g/mol. The van der Waals surface area contributed by atoms with E-state index in [0.29, 0.717) is 18.3 Å². The highest BCUT2D eigenvalue weighted by Crippen LogP contribution is 2.42. The van der Waals surface area contributed by atoms with Gasteiger partial charge in [0.25, 0.3) is 0 Å². The summed E-state index contributed by atoms with van der Waals surface area (Å²) in [5.74, 6) is 2.91. The summed E-state index contributed by atoms with van der Waals surface area (Å²) >= 11 is 0. The normalized spacial score (nSPS) is 24.6. The third-order valence-electron chi connectivity index (χ3n) is 8.27. The van der Waals surface area contributed by atoms with E-state index < -0.39 is 0 Å². The van der Waals surface area contributed by atoms with Crippen LogP contribution in [0.25, 0.3) is 22.2 Å². The minimum atomic E-state index is -0.329. The Bertz CT molecular complexity index is 1240. The van der Waals surface area contributed by atoms with Crippen molar-refractivity contribution in [3.8, 4) is 11.3 Å². The molecule has 6 rings (SSSR count). The second-order valence-electron chi connectivity index (χ2n) is 10.8. The van der Waals surface area contributed by atoms with Crippen molar-refractivity contribution in [2.45, 2.75) is 63.8 Å². The highest BCUT2D eigenvalue weighted by molar-refractivity contribution is 5.97. The second kappa shape index (κ2) is 8.75. The van der Waals surface area contributed by atoms with Crippen LogP contribution in [0, 0.1) is 11.8 Å². The number of aromatic amines is 1. The van der Waals surface area contributed by atoms with Crippen molar-refractivity contribution in [3.05, 3.63) is 48.4 Å². The Labute approximate surface area is 205 Å². The van der Waals surface area contributed by atoms with Gasteiger partial charge >= 0.3 is 0 Å². The van der Waals surface area contributed by atoms with Gasteiger partial charge in [-0.2, -0.15) is 0 Å². The molecule has 0 bridgehead atoms. The third-order valence-corrected chi connectivity index (χ3v) is 8.27. The van der Waals surface area contributed by atoms with Crippen molar-refractivity contribution in [1.29, 1.82) is 0 Å². The fourth-order valence-corrected chi connectivity index (χ4v) is 6.65. The molecule has 1 amide bonds. The van der Waals surface area contributed by atoms with E-state index >= 15 is 0 Å². The number of amidine groups is 1. The van der Waals surface area contributed by atoms with E-state index in [1.807, 2.05) is 18.2 Å². The first-order valence-electron chi connectivity index (χ1n) is 12.8. The number of rotatable bonds is 5. The number of carbonyl (C=O) groups is 1. The monoisotopic (exact) mass is 474 g/mol. The second-order valence-corrected chi connectivity index (χ2v) is 10.8. The molecule has 0 radical (unpaired) electrons. The maximum atomic E-state index is 13.9. The lowest BCUT2D eigenvalue weighted by atomic mass is 9.70. The Balaban J connectivity index is 1.27. The zero-order chi connectivity index (χ0) is 24.0. The fourth-order valence-electron chi connectivity index (χ4n) is 6.65. The maximum Gasteiger partial charge on any atom is 0.223 e. The molecule has 4 heterocycles. The van der Waals surface area contributed by atoms with Crippen molar-refractivity contribution < 1.29 is 9.21 Å². The lowest BCUT2D eigenvalue weighted by Gasteiger charge is -2.48. The molecule has 2 aliphatic heterocycles. The topological polar surface area (TPSA) is 97.7 Å². The van der Waals surface area contributed by atoms with E-state index in [0.717, 1.165) is 72.3 Å². The van der Waals surface area contributed by atoms with Crippen molar-refractivity contribution in [2.75, 3.05) is 6.54 Å². The Morgan fingerprint density at radius 1 is 1.17 bits per heavy atom. The van der Waals surface area contributed by atoms with Crippen LogP contribution in [-0.2, 0) is 10.2 Å². The van der Waals surface area contributed by atoms with Crippen LogP contribution < -0.4 is 16.5 Å². The molecule has 8 nitrogen and oxygen atoms in total. The van der Waals surface area contributed by atoms with Crippen molar-refractivity contribution in [2.24, 2.45) is 16.9 Å². The summed E-state index contributed by atoms with van der Waals surface area (Å²) in [4.78, 5) is 19.5. The lowest BCUT2D eigenvalue weighted by molar-refractivity contribution is -0.139. The number of H-pyrrole nitrogens is 1. The molecule has 1 saturated heterocycles. The summed E-state index contributed by atoms with van der Waals surface area (Å²) in [5, 5.41) is 5.54. The number of hydrazone groups is 1. The molecule has 3 aromatic rings. The van der Waals surface area contributed by atoms with Crippen LogP contribution in [0.5, 0.6) is 0 Å². The molecule has 2 fully saturated rings. The van der Waals surface area contributed by atoms with Gasteiger partial charge in [-0.3, -0.25) is 10.2 Å². The molecule has 3 aliphatic rings. The fraction of sp³-hybridized carbons (Fsp3) is 0.481. The molecule has 1 aliphatic carbocycles. The van der Waals surface area contributed by atoms with Crippen LogP contribution >= 0.6 is 0 Å². The van der Waals surface area contributed by atoms with Gasteiger partial charge in [-0.1, -0.05) is 32.4 Å². The summed E-state index contributed by atoms with van der Waals surface area (Å²) < 4.78 is 5.74. The number of carbonyl (C=O) groups excluding carboxylic acids is 1. The predicted molar refractivity (Wildman–Crippen MR) is 136 cm³/mol. The molecule has 8 heteroatoms. The van der Waals surface area contributed by atoms with Crippen molar-refractivity contribution in [3.63, 3.8) is 0 Å². The number of nitrogens with one attached hydrogen (secondary N) is 4. The molecule has 35 heavy (non-hydrogen) atoms. The van der Waals surface area contributed by atoms with E-state index in [1.165, 1.54) is 0 Å². The molecular formula is C27H34N6O2. The van der Waals surface area contributed by atoms with E-state index in [1.54, 1.807) is 6.26 Å². The number of hydrazine groups is 2. The average molecular weight is 475 g/mol. The highest BCUT2D eigenvalue weighted by atomic mass is 16.3. The van der Waals surface area contributed by atoms with Crippen molar-refractivity contribution in [1.82, 2.24) is 26.4 Å². The Hall–Kier alpha value is -3.26. The molecule has 3 unspecified atom stereocenters. The molecule has 1 aromatic carbocycles. The minimum absolute atomic E-state index is 0.257. The number of hydrogen-bond acceptors (Lipinski definition) is 6. The lowest BCUT2D eigenvalue weighted by Crippen LogP contribution is -2.55. The average Bonchev–Trinajstić information content (AvgIpc) is 3.64. The number of fused-ring (bicyclic) bond motifs is 2. The Kier molecular flexibility index (Phi) is 5.56. The Morgan fingerprint density at radius 3 is 2.89 bits per heavy atom. The van der Waals surface area contributed by atoms with E-state index in [9.17, 15) is 4.79 Å². The van der Waals surface area contributed by atoms with Crippen LogP contribution in [0.4, 0.5) is 0 Å². The third kappa shape index (κ3) is 3.89. The minimum Gasteiger partial charge on any atom is -0.464 e. The Morgan fingerprint density at radius 2 is 2.09 bits per heavy atom. The number of piperidine rings is 1. The van der Waals surface area contributed by atoms with Crippen LogP contribution in [0.1, 0.15) is 57.9 Å². The number of nitrogens with zero attached hydrogens (tertiary/aromatic N) is 2. The maximum absolute atomic E-state index is 13.9. The van der Waals surface area contributed by atoms with E-state index in [4.69, 9.17) is 4.42 Å². The summed E-state index contributed by atoms with van der Waals surface area (Å²) in [6.45, 7) is 5.23. The summed E-state index contributed by atoms with van der Waals surface area (Å²) in [7, 11) is 0. The van der Waals surface area contributed by atoms with E-state index in [-0.39, 0.29) is 17.4 Å². The quantitative estimate of drug-likeness (QED) is 0.439. The van der Waals surface area contributed by atoms with Gasteiger partial charge in [0.1, 0.15) is 11.6 Å². The summed E-state index contributed by atoms with van der Waals surface area (Å²) in [6.07, 6.45) is 9.78. The first kappa shape index (κ1) is 22.2. The molecule has 4 N–H and O–H groups in total. The van der Waals surface area contributed by atoms with Gasteiger partial charge in [0.2, 0.25) is 5.91 Å². The highest BCUT2D eigenvalue weighted by Gasteiger charge is 2.44. The number of amides is 1. The molecule has 3 atom stereocenters. The van der Waals surface area contributed by atoms with Gasteiger partial charge in [-0.05, 0) is 55.4 Å². The number of hydrogen-bond donors (Lipinski definition) is 4. The van der Waals surface area contributed by atoms with Gasteiger partial charge in [-0.25, -0.2) is 5.53 Å². The predicted octanol–water partition coefficient (Wildman–Crippen LogP) is 4.43. The van der Waals surface area contributed by atoms with Crippen molar-refractivity contribution >= 4 is 22.6 Å². The molecule has 1 saturated carbocycles. The zero-order valence-electron chi connectivity index (χ0n) is 20.4. The first-order valence-corrected chi connectivity index (χ1v) is 12.8. The van der Waals surface area contributed by atoms with Gasteiger partial charge in [-0.15, -0.1) is 10.6 Å². The number of furan rings is 1. The largest absolute Gasteiger partial charge is 0.464 e. The van der Waals surface area contributed by atoms with Crippen LogP contribution in [0.2, 0.25) is 0 Å². The summed E-state index contributed by atoms with van der Waals surface area (Å²) in [6, 6.07) is 10.4. The number of aromatic nitrogens is 1. The van der Waals surface area contributed by atoms with Gasteiger partial charge < -0.3 is 14.3 Å². The number of likely N-dealkylation sites (tertiary alicyclic amines) is 1. The van der Waals surface area contributed by atoms with Crippen LogP contribution in [-0.4, -0.2) is 34.2 Å². The van der Waals surface area contributed by atoms with Gasteiger partial charge in [0, 0.05) is 53.0 Å². The zero-order valence-corrected chi connectivity index (χ0v) is 20.4.